The average molecular weight is 249 g/mol. The third-order valence-electron chi connectivity index (χ3n) is 2.18. The summed E-state index contributed by atoms with van der Waals surface area (Å²) in [6.45, 7) is -0.691. The van der Waals surface area contributed by atoms with Crippen molar-refractivity contribution < 1.29 is 13.2 Å². The molecule has 96 valence electrons. The predicted molar refractivity (Wildman–Crippen MR) is 58.7 cm³/mol. The second-order valence-electron chi connectivity index (χ2n) is 3.85. The van der Waals surface area contributed by atoms with Gasteiger partial charge in [0, 0.05) is 31.0 Å². The average Bonchev–Trinajstić information content (AvgIpc) is 2.17. The molecular weight excluding hydrogens is 235 g/mol. The van der Waals surface area contributed by atoms with E-state index in [2.05, 4.69) is 0 Å². The van der Waals surface area contributed by atoms with Crippen LogP contribution in [0.2, 0.25) is 0 Å². The fourth-order valence-corrected chi connectivity index (χ4v) is 1.39. The number of hydrogen-bond acceptors (Lipinski definition) is 3. The zero-order valence-electron chi connectivity index (χ0n) is 9.37. The summed E-state index contributed by atoms with van der Waals surface area (Å²) in [5.74, 6) is 0. The van der Waals surface area contributed by atoms with E-state index in [9.17, 15) is 18.0 Å². The Morgan fingerprint density at radius 1 is 1.41 bits per heavy atom. The van der Waals surface area contributed by atoms with Crippen LogP contribution in [0.3, 0.4) is 0 Å². The van der Waals surface area contributed by atoms with Crippen LogP contribution >= 0.6 is 0 Å². The van der Waals surface area contributed by atoms with Crippen molar-refractivity contribution in [2.75, 3.05) is 25.9 Å². The number of nitrogens with two attached hydrogens (primary N) is 1. The molecule has 0 atom stereocenters. The molecule has 0 spiro atoms. The van der Waals surface area contributed by atoms with Crippen molar-refractivity contribution in [1.29, 1.82) is 0 Å². The van der Waals surface area contributed by atoms with E-state index in [4.69, 9.17) is 5.73 Å². The van der Waals surface area contributed by atoms with Crippen LogP contribution in [0.5, 0.6) is 0 Å². The maximum Gasteiger partial charge on any atom is 0.401 e. The molecule has 17 heavy (non-hydrogen) atoms. The van der Waals surface area contributed by atoms with Gasteiger partial charge in [0.15, 0.2) is 0 Å². The molecule has 0 aliphatic carbocycles. The van der Waals surface area contributed by atoms with Gasteiger partial charge < -0.3 is 10.3 Å². The summed E-state index contributed by atoms with van der Waals surface area (Å²) >= 11 is 0. The number of hydrogen-bond donors (Lipinski definition) is 1. The van der Waals surface area contributed by atoms with Crippen LogP contribution in [0.1, 0.15) is 0 Å². The molecule has 0 bridgehead atoms. The molecule has 1 heterocycles. The Hall–Kier alpha value is -1.50. The summed E-state index contributed by atoms with van der Waals surface area (Å²) in [5, 5.41) is 0. The Morgan fingerprint density at radius 3 is 2.65 bits per heavy atom. The van der Waals surface area contributed by atoms with Crippen LogP contribution in [0.15, 0.2) is 23.1 Å². The molecule has 0 aliphatic heterocycles. The summed E-state index contributed by atoms with van der Waals surface area (Å²) in [7, 11) is 1.35. The highest BCUT2D eigenvalue weighted by Crippen LogP contribution is 2.15. The van der Waals surface area contributed by atoms with E-state index in [1.165, 1.54) is 29.9 Å². The first-order chi connectivity index (χ1) is 7.78. The monoisotopic (exact) mass is 249 g/mol. The standard InChI is InChI=1S/C10H14F3N3O/c1-15(7-10(11,12)13)4-5-16-6-8(14)2-3-9(16)17/h2-3,6H,4-5,7,14H2,1H3. The first-order valence-corrected chi connectivity index (χ1v) is 4.99. The maximum atomic E-state index is 12.0. The van der Waals surface area contributed by atoms with Gasteiger partial charge in [-0.2, -0.15) is 13.2 Å². The van der Waals surface area contributed by atoms with E-state index in [1.807, 2.05) is 0 Å². The lowest BCUT2D eigenvalue weighted by molar-refractivity contribution is -0.143. The van der Waals surface area contributed by atoms with E-state index in [1.54, 1.807) is 0 Å². The molecule has 1 aromatic rings. The largest absolute Gasteiger partial charge is 0.401 e. The lowest BCUT2D eigenvalue weighted by Crippen LogP contribution is -2.34. The van der Waals surface area contributed by atoms with Gasteiger partial charge in [0.05, 0.1) is 6.54 Å². The molecule has 0 aliphatic rings. The highest BCUT2D eigenvalue weighted by molar-refractivity contribution is 5.33. The summed E-state index contributed by atoms with van der Waals surface area (Å²) in [6, 6.07) is 2.75. The first kappa shape index (κ1) is 13.6. The van der Waals surface area contributed by atoms with Gasteiger partial charge in [-0.15, -0.1) is 0 Å². The minimum absolute atomic E-state index is 0.128. The van der Waals surface area contributed by atoms with Crippen LogP contribution in [0.25, 0.3) is 0 Å². The van der Waals surface area contributed by atoms with Gasteiger partial charge in [-0.05, 0) is 13.1 Å². The van der Waals surface area contributed by atoms with Crippen molar-refractivity contribution >= 4 is 5.69 Å². The molecule has 2 N–H and O–H groups in total. The summed E-state index contributed by atoms with van der Waals surface area (Å²) < 4.78 is 37.4. The van der Waals surface area contributed by atoms with E-state index < -0.39 is 12.7 Å². The minimum atomic E-state index is -4.23. The number of halogens is 3. The Bertz CT molecular complexity index is 428. The molecule has 1 rings (SSSR count). The summed E-state index contributed by atoms with van der Waals surface area (Å²) in [4.78, 5) is 12.4. The topological polar surface area (TPSA) is 51.3 Å². The molecule has 0 saturated heterocycles. The van der Waals surface area contributed by atoms with Gasteiger partial charge in [0.1, 0.15) is 0 Å². The Kier molecular flexibility index (Phi) is 4.17. The Labute approximate surface area is 96.4 Å². The van der Waals surface area contributed by atoms with Gasteiger partial charge >= 0.3 is 6.18 Å². The molecule has 0 aromatic carbocycles. The number of alkyl halides is 3. The second kappa shape index (κ2) is 5.22. The molecule has 1 aromatic heterocycles. The quantitative estimate of drug-likeness (QED) is 0.863. The van der Waals surface area contributed by atoms with Crippen molar-refractivity contribution in [3.63, 3.8) is 0 Å². The van der Waals surface area contributed by atoms with Gasteiger partial charge in [-0.25, -0.2) is 0 Å². The van der Waals surface area contributed by atoms with E-state index in [-0.39, 0.29) is 18.6 Å². The fourth-order valence-electron chi connectivity index (χ4n) is 1.39. The highest BCUT2D eigenvalue weighted by Gasteiger charge is 2.28. The molecule has 0 unspecified atom stereocenters. The lowest BCUT2D eigenvalue weighted by atomic mass is 10.4. The Morgan fingerprint density at radius 2 is 2.06 bits per heavy atom. The fraction of sp³-hybridized carbons (Fsp3) is 0.500. The molecule has 4 nitrogen and oxygen atoms in total. The highest BCUT2D eigenvalue weighted by atomic mass is 19.4. The van der Waals surface area contributed by atoms with E-state index in [0.29, 0.717) is 5.69 Å². The summed E-state index contributed by atoms with van der Waals surface area (Å²) in [5.41, 5.74) is 5.61. The molecule has 0 amide bonds. The smallest absolute Gasteiger partial charge is 0.398 e. The lowest BCUT2D eigenvalue weighted by Gasteiger charge is -2.18. The number of rotatable bonds is 4. The van der Waals surface area contributed by atoms with Crippen LogP contribution in [-0.4, -0.2) is 35.8 Å². The number of nitrogen functional groups attached to an aromatic ring is 1. The first-order valence-electron chi connectivity index (χ1n) is 4.99. The molecule has 0 saturated carbocycles. The Balaban J connectivity index is 2.56. The molecular formula is C10H14F3N3O. The number of likely N-dealkylation sites (N-methyl/N-ethyl adjacent to an activating group) is 1. The molecule has 0 fully saturated rings. The molecule has 0 radical (unpaired) electrons. The number of pyridine rings is 1. The number of nitrogens with zero attached hydrogens (tertiary/aromatic N) is 2. The molecule has 7 heteroatoms. The van der Waals surface area contributed by atoms with Crippen molar-refractivity contribution in [1.82, 2.24) is 9.47 Å². The van der Waals surface area contributed by atoms with E-state index >= 15 is 0 Å². The number of aromatic nitrogens is 1. The van der Waals surface area contributed by atoms with Crippen LogP contribution in [0, 0.1) is 0 Å². The van der Waals surface area contributed by atoms with Crippen molar-refractivity contribution in [2.45, 2.75) is 12.7 Å². The van der Waals surface area contributed by atoms with Crippen LogP contribution in [0.4, 0.5) is 18.9 Å². The second-order valence-corrected chi connectivity index (χ2v) is 3.85. The zero-order chi connectivity index (χ0) is 13.1. The van der Waals surface area contributed by atoms with Crippen molar-refractivity contribution in [3.05, 3.63) is 28.7 Å². The zero-order valence-corrected chi connectivity index (χ0v) is 9.37. The normalized spacial score (nSPS) is 12.1. The predicted octanol–water partition coefficient (Wildman–Crippen LogP) is 0.925. The summed E-state index contributed by atoms with van der Waals surface area (Å²) in [6.07, 6.45) is -2.81. The van der Waals surface area contributed by atoms with Crippen molar-refractivity contribution in [3.8, 4) is 0 Å². The van der Waals surface area contributed by atoms with Gasteiger partial charge in [0.2, 0.25) is 0 Å². The van der Waals surface area contributed by atoms with Gasteiger partial charge in [-0.3, -0.25) is 9.69 Å². The van der Waals surface area contributed by atoms with Gasteiger partial charge in [-0.1, -0.05) is 0 Å². The number of anilines is 1. The van der Waals surface area contributed by atoms with Crippen molar-refractivity contribution in [2.24, 2.45) is 0 Å². The van der Waals surface area contributed by atoms with E-state index in [0.717, 1.165) is 4.90 Å². The maximum absolute atomic E-state index is 12.0. The van der Waals surface area contributed by atoms with Gasteiger partial charge in [0.25, 0.3) is 5.56 Å². The van der Waals surface area contributed by atoms with Crippen LogP contribution in [-0.2, 0) is 6.54 Å². The third kappa shape index (κ3) is 4.90. The van der Waals surface area contributed by atoms with Crippen LogP contribution < -0.4 is 11.3 Å². The minimum Gasteiger partial charge on any atom is -0.398 e. The SMILES string of the molecule is CN(CCn1cc(N)ccc1=O)CC(F)(F)F. The third-order valence-corrected chi connectivity index (χ3v) is 2.18.